The van der Waals surface area contributed by atoms with Crippen LogP contribution in [0.15, 0.2) is 136 Å². The Labute approximate surface area is 217 Å². The molecular formula is C27H20O6Pb-3. The molecule has 34 heavy (non-hydrogen) atoms. The van der Waals surface area contributed by atoms with Crippen molar-refractivity contribution in [2.24, 2.45) is 0 Å². The number of rotatable bonds is 0. The van der Waals surface area contributed by atoms with Gasteiger partial charge in [-0.3, -0.25) is 14.4 Å². The maximum atomic E-state index is 10.5. The van der Waals surface area contributed by atoms with E-state index < -0.39 is 33.5 Å². The Morgan fingerprint density at radius 1 is 0.412 bits per heavy atom. The standard InChI is InChI=1S/3C7H6O2.C6H5.Pb/c3*8-6-4-2-1-3-5-7(6)9;1-2-4-6-5-3-1;/h3*1-5H,(H,8,9);1-5H;/p-3. The molecule has 0 saturated carbocycles. The van der Waals surface area contributed by atoms with Crippen molar-refractivity contribution in [3.8, 4) is 17.2 Å². The number of hydrogen-bond acceptors (Lipinski definition) is 6. The smallest absolute Gasteiger partial charge is 0.170 e. The third kappa shape index (κ3) is 14.3. The minimum Gasteiger partial charge on any atom is -0.870 e. The average molecular weight is 648 g/mol. The predicted octanol–water partition coefficient (Wildman–Crippen LogP) is 1.47. The molecule has 171 valence electrons. The van der Waals surface area contributed by atoms with E-state index in [-0.39, 0.29) is 27.3 Å². The second kappa shape index (κ2) is 18.8. The molecule has 0 saturated heterocycles. The van der Waals surface area contributed by atoms with E-state index >= 15 is 0 Å². The molecular weight excluding hydrogens is 627 g/mol. The Bertz CT molecular complexity index is 1110. The molecule has 4 rings (SSSR count). The first kappa shape index (κ1) is 30.2. The fraction of sp³-hybridized carbons (Fsp3) is 0. The quantitative estimate of drug-likeness (QED) is 0.267. The van der Waals surface area contributed by atoms with Crippen LogP contribution in [0.5, 0.6) is 17.2 Å². The van der Waals surface area contributed by atoms with Crippen LogP contribution in [0, 0.1) is 6.07 Å². The summed E-state index contributed by atoms with van der Waals surface area (Å²) in [5, 5.41) is 31.5. The van der Waals surface area contributed by atoms with Crippen molar-refractivity contribution in [1.29, 1.82) is 0 Å². The molecule has 7 heteroatoms. The first-order valence-corrected chi connectivity index (χ1v) is 9.62. The molecule has 0 unspecified atom stereocenters. The van der Waals surface area contributed by atoms with E-state index in [1.54, 1.807) is 54.6 Å². The maximum Gasteiger partial charge on any atom is 0.170 e. The second-order valence-electron chi connectivity index (χ2n) is 5.99. The van der Waals surface area contributed by atoms with Gasteiger partial charge in [-0.05, 0) is 24.3 Å². The molecule has 4 aromatic carbocycles. The van der Waals surface area contributed by atoms with Gasteiger partial charge in [0.2, 0.25) is 0 Å². The van der Waals surface area contributed by atoms with Crippen LogP contribution in [0.1, 0.15) is 0 Å². The zero-order valence-corrected chi connectivity index (χ0v) is 21.9. The summed E-state index contributed by atoms with van der Waals surface area (Å²) < 4.78 is 0. The fourth-order valence-corrected chi connectivity index (χ4v) is 1.88. The monoisotopic (exact) mass is 648 g/mol. The third-order valence-corrected chi connectivity index (χ3v) is 3.49. The molecule has 4 aromatic rings. The molecule has 6 nitrogen and oxygen atoms in total. The van der Waals surface area contributed by atoms with Gasteiger partial charge in [0.15, 0.2) is 16.3 Å². The van der Waals surface area contributed by atoms with Crippen molar-refractivity contribution in [2.75, 3.05) is 0 Å². The minimum atomic E-state index is -0.458. The van der Waals surface area contributed by atoms with Crippen LogP contribution in [-0.4, -0.2) is 27.3 Å². The van der Waals surface area contributed by atoms with Crippen molar-refractivity contribution >= 4 is 27.3 Å². The van der Waals surface area contributed by atoms with E-state index in [0.29, 0.717) is 0 Å². The molecule has 0 amide bonds. The van der Waals surface area contributed by atoms with Crippen LogP contribution in [0.3, 0.4) is 0 Å². The van der Waals surface area contributed by atoms with E-state index in [9.17, 15) is 29.7 Å². The van der Waals surface area contributed by atoms with Gasteiger partial charge in [0.1, 0.15) is 0 Å². The summed E-state index contributed by atoms with van der Waals surface area (Å²) in [5.74, 6) is -1.37. The molecule has 0 aliphatic rings. The van der Waals surface area contributed by atoms with Gasteiger partial charge in [-0.2, -0.15) is 0 Å². The normalized spacial score (nSPS) is 8.47. The summed E-state index contributed by atoms with van der Waals surface area (Å²) in [6.45, 7) is 0. The Hall–Kier alpha value is -3.79. The largest absolute Gasteiger partial charge is 0.870 e. The van der Waals surface area contributed by atoms with Crippen molar-refractivity contribution in [3.63, 3.8) is 0 Å². The molecule has 5 radical (unpaired) electrons. The fourth-order valence-electron chi connectivity index (χ4n) is 1.88. The first-order chi connectivity index (χ1) is 15.9. The molecule has 0 bridgehead atoms. The number of hydrogen-bond donors (Lipinski definition) is 0. The topological polar surface area (TPSA) is 120 Å². The van der Waals surface area contributed by atoms with E-state index in [0.717, 1.165) is 0 Å². The SMILES string of the molecule is O=c1cccccc1[O-].O=c1cccccc1[O-].O=c1cccccc1[O-].[Pb].[c]1ccccc1. The molecule has 0 atom stereocenters. The van der Waals surface area contributed by atoms with Crippen LogP contribution in [0.4, 0.5) is 0 Å². The van der Waals surface area contributed by atoms with Crippen LogP contribution in [0.2, 0.25) is 0 Å². The molecule has 0 fully saturated rings. The maximum absolute atomic E-state index is 10.5. The van der Waals surface area contributed by atoms with E-state index in [4.69, 9.17) is 0 Å². The van der Waals surface area contributed by atoms with Crippen molar-refractivity contribution in [2.45, 2.75) is 0 Å². The Kier molecular flexibility index (Phi) is 16.7. The predicted molar refractivity (Wildman–Crippen MR) is 128 cm³/mol. The summed E-state index contributed by atoms with van der Waals surface area (Å²) in [5.41, 5.74) is -1.37. The van der Waals surface area contributed by atoms with E-state index in [1.165, 1.54) is 36.4 Å². The van der Waals surface area contributed by atoms with Crippen molar-refractivity contribution in [1.82, 2.24) is 0 Å². The van der Waals surface area contributed by atoms with Gasteiger partial charge in [0, 0.05) is 27.3 Å². The van der Waals surface area contributed by atoms with Crippen LogP contribution in [-0.2, 0) is 0 Å². The zero-order valence-electron chi connectivity index (χ0n) is 18.0. The van der Waals surface area contributed by atoms with Gasteiger partial charge in [0.05, 0.1) is 0 Å². The van der Waals surface area contributed by atoms with Gasteiger partial charge in [-0.25, -0.2) is 0 Å². The Balaban J connectivity index is 0.000000427. The van der Waals surface area contributed by atoms with Crippen molar-refractivity contribution < 1.29 is 15.3 Å². The van der Waals surface area contributed by atoms with Crippen LogP contribution in [0.25, 0.3) is 0 Å². The molecule has 0 heterocycles. The van der Waals surface area contributed by atoms with Gasteiger partial charge < -0.3 is 15.3 Å². The third-order valence-electron chi connectivity index (χ3n) is 3.49. The van der Waals surface area contributed by atoms with Crippen LogP contribution < -0.4 is 31.6 Å². The molecule has 0 aliphatic carbocycles. The van der Waals surface area contributed by atoms with Gasteiger partial charge in [-0.15, -0.1) is 0 Å². The summed E-state index contributed by atoms with van der Waals surface area (Å²) in [6.07, 6.45) is 0. The van der Waals surface area contributed by atoms with Gasteiger partial charge in [0.25, 0.3) is 0 Å². The Morgan fingerprint density at radius 3 is 0.912 bits per heavy atom. The average Bonchev–Trinajstić information content (AvgIpc) is 3.23. The first-order valence-electron chi connectivity index (χ1n) is 9.62. The van der Waals surface area contributed by atoms with E-state index in [1.807, 2.05) is 30.3 Å². The van der Waals surface area contributed by atoms with Gasteiger partial charge in [-0.1, -0.05) is 120 Å². The van der Waals surface area contributed by atoms with Gasteiger partial charge >= 0.3 is 0 Å². The Morgan fingerprint density at radius 2 is 0.676 bits per heavy atom. The minimum absolute atomic E-state index is 0. The second-order valence-corrected chi connectivity index (χ2v) is 5.99. The van der Waals surface area contributed by atoms with Crippen LogP contribution >= 0.6 is 0 Å². The molecule has 0 N–H and O–H groups in total. The summed E-state index contributed by atoms with van der Waals surface area (Å²) in [4.78, 5) is 31.5. The molecule has 0 aromatic heterocycles. The summed E-state index contributed by atoms with van der Waals surface area (Å²) in [7, 11) is 0. The van der Waals surface area contributed by atoms with Crippen molar-refractivity contribution in [3.05, 3.63) is 158 Å². The molecule has 0 aliphatic heterocycles. The summed E-state index contributed by atoms with van der Waals surface area (Å²) in [6, 6.07) is 34.2. The number of benzene rings is 1. The summed E-state index contributed by atoms with van der Waals surface area (Å²) >= 11 is 0. The van der Waals surface area contributed by atoms with E-state index in [2.05, 4.69) is 6.07 Å². The zero-order chi connectivity index (χ0) is 24.3. The molecule has 0 spiro atoms.